The van der Waals surface area contributed by atoms with Crippen molar-refractivity contribution in [1.29, 1.82) is 0 Å². The second kappa shape index (κ2) is 6.64. The molecule has 0 saturated heterocycles. The van der Waals surface area contributed by atoms with Gasteiger partial charge in [0.05, 0.1) is 12.1 Å². The van der Waals surface area contributed by atoms with E-state index in [1.807, 2.05) is 60.7 Å². The average Bonchev–Trinajstić information content (AvgIpc) is 2.58. The van der Waals surface area contributed by atoms with Gasteiger partial charge in [-0.25, -0.2) is 0 Å². The fourth-order valence-electron chi connectivity index (χ4n) is 2.58. The van der Waals surface area contributed by atoms with E-state index in [-0.39, 0.29) is 11.6 Å². The maximum atomic E-state index is 11.8. The van der Waals surface area contributed by atoms with Crippen LogP contribution in [0.2, 0.25) is 0 Å². The van der Waals surface area contributed by atoms with Crippen molar-refractivity contribution in [3.05, 3.63) is 71.8 Å². The summed E-state index contributed by atoms with van der Waals surface area (Å²) in [5, 5.41) is 6.34. The third kappa shape index (κ3) is 3.13. The van der Waals surface area contributed by atoms with Gasteiger partial charge in [-0.15, -0.1) is 0 Å². The molecule has 4 heteroatoms. The van der Waals surface area contributed by atoms with Gasteiger partial charge in [0.25, 0.3) is 0 Å². The summed E-state index contributed by atoms with van der Waals surface area (Å²) >= 11 is 0. The predicted octanol–water partition coefficient (Wildman–Crippen LogP) is 1.45. The molecule has 0 radical (unpaired) electrons. The zero-order valence-corrected chi connectivity index (χ0v) is 12.2. The first-order valence-electron chi connectivity index (χ1n) is 7.38. The summed E-state index contributed by atoms with van der Waals surface area (Å²) < 4.78 is 0. The smallest absolute Gasteiger partial charge is 0.219 e. The number of carbonyl (C=O) groups excluding carboxylic acids is 2. The molecule has 1 fully saturated rings. The maximum absolute atomic E-state index is 11.8. The molecular weight excluding hydrogens is 276 g/mol. The molecule has 0 aromatic heterocycles. The van der Waals surface area contributed by atoms with Gasteiger partial charge in [0, 0.05) is 13.1 Å². The molecule has 1 aliphatic carbocycles. The van der Waals surface area contributed by atoms with Crippen LogP contribution in [-0.2, 0) is 22.7 Å². The van der Waals surface area contributed by atoms with E-state index >= 15 is 0 Å². The molecule has 0 spiro atoms. The van der Waals surface area contributed by atoms with Gasteiger partial charge in [0.15, 0.2) is 0 Å². The SMILES string of the molecule is O=C1C(=O)C(NCc2ccccc2)C1NCc1ccccc1. The monoisotopic (exact) mass is 294 g/mol. The van der Waals surface area contributed by atoms with Crippen LogP contribution in [0.4, 0.5) is 0 Å². The number of hydrogen-bond acceptors (Lipinski definition) is 4. The first kappa shape index (κ1) is 14.6. The third-order valence-electron chi connectivity index (χ3n) is 3.88. The van der Waals surface area contributed by atoms with Crippen molar-refractivity contribution in [2.75, 3.05) is 0 Å². The molecule has 2 aromatic carbocycles. The van der Waals surface area contributed by atoms with Crippen LogP contribution in [0.25, 0.3) is 0 Å². The number of ketones is 2. The van der Waals surface area contributed by atoms with Crippen LogP contribution in [0.3, 0.4) is 0 Å². The lowest BCUT2D eigenvalue weighted by Crippen LogP contribution is -2.69. The summed E-state index contributed by atoms with van der Waals surface area (Å²) in [5.41, 5.74) is 2.19. The molecule has 0 bridgehead atoms. The Hall–Kier alpha value is -2.30. The largest absolute Gasteiger partial charge is 0.301 e. The van der Waals surface area contributed by atoms with E-state index in [9.17, 15) is 9.59 Å². The molecule has 22 heavy (non-hydrogen) atoms. The summed E-state index contributed by atoms with van der Waals surface area (Å²) in [5.74, 6) is -0.664. The Labute approximate surface area is 129 Å². The molecule has 2 unspecified atom stereocenters. The van der Waals surface area contributed by atoms with Crippen LogP contribution >= 0.6 is 0 Å². The number of Topliss-reactive ketones (excluding diaryl/α,β-unsaturated/α-hetero) is 2. The van der Waals surface area contributed by atoms with Crippen LogP contribution in [0.15, 0.2) is 60.7 Å². The summed E-state index contributed by atoms with van der Waals surface area (Å²) in [6.07, 6.45) is 0. The number of nitrogens with one attached hydrogen (secondary N) is 2. The van der Waals surface area contributed by atoms with Gasteiger partial charge >= 0.3 is 0 Å². The van der Waals surface area contributed by atoms with E-state index in [0.29, 0.717) is 13.1 Å². The minimum Gasteiger partial charge on any atom is -0.301 e. The van der Waals surface area contributed by atoms with Gasteiger partial charge in [-0.2, -0.15) is 0 Å². The van der Waals surface area contributed by atoms with Crippen LogP contribution < -0.4 is 10.6 Å². The molecule has 112 valence electrons. The van der Waals surface area contributed by atoms with Gasteiger partial charge in [-0.3, -0.25) is 9.59 Å². The van der Waals surface area contributed by atoms with Gasteiger partial charge in [-0.1, -0.05) is 60.7 Å². The first-order chi connectivity index (χ1) is 10.8. The highest BCUT2D eigenvalue weighted by atomic mass is 16.2. The van der Waals surface area contributed by atoms with E-state index < -0.39 is 12.1 Å². The molecule has 2 N–H and O–H groups in total. The lowest BCUT2D eigenvalue weighted by atomic mass is 9.82. The van der Waals surface area contributed by atoms with Crippen molar-refractivity contribution in [2.24, 2.45) is 0 Å². The summed E-state index contributed by atoms with van der Waals surface area (Å²) in [7, 11) is 0. The highest BCUT2D eigenvalue weighted by molar-refractivity contribution is 6.49. The number of rotatable bonds is 6. The van der Waals surface area contributed by atoms with Gasteiger partial charge in [0.1, 0.15) is 0 Å². The van der Waals surface area contributed by atoms with Crippen molar-refractivity contribution in [1.82, 2.24) is 10.6 Å². The molecule has 1 aliphatic rings. The van der Waals surface area contributed by atoms with Gasteiger partial charge in [0.2, 0.25) is 11.6 Å². The standard InChI is InChI=1S/C18H18N2O2/c21-17-15(19-11-13-7-3-1-4-8-13)16(18(17)22)20-12-14-9-5-2-6-10-14/h1-10,15-16,19-20H,11-12H2. The van der Waals surface area contributed by atoms with E-state index in [0.717, 1.165) is 11.1 Å². The molecule has 0 heterocycles. The Morgan fingerprint density at radius 1 is 0.636 bits per heavy atom. The first-order valence-corrected chi connectivity index (χ1v) is 7.38. The summed E-state index contributed by atoms with van der Waals surface area (Å²) in [4.78, 5) is 23.5. The predicted molar refractivity (Wildman–Crippen MR) is 84.2 cm³/mol. The number of carbonyl (C=O) groups is 2. The molecule has 0 amide bonds. The third-order valence-corrected chi connectivity index (χ3v) is 3.88. The van der Waals surface area contributed by atoms with Crippen molar-refractivity contribution < 1.29 is 9.59 Å². The topological polar surface area (TPSA) is 58.2 Å². The minimum atomic E-state index is -0.434. The zero-order chi connectivity index (χ0) is 15.4. The molecule has 0 aliphatic heterocycles. The lowest BCUT2D eigenvalue weighted by molar-refractivity contribution is -0.147. The van der Waals surface area contributed by atoms with Crippen LogP contribution in [-0.4, -0.2) is 23.7 Å². The summed E-state index contributed by atoms with van der Waals surface area (Å²) in [6, 6.07) is 18.8. The second-order valence-corrected chi connectivity index (χ2v) is 5.42. The van der Waals surface area contributed by atoms with E-state index in [2.05, 4.69) is 10.6 Å². The number of benzene rings is 2. The van der Waals surface area contributed by atoms with Crippen molar-refractivity contribution in [3.8, 4) is 0 Å². The van der Waals surface area contributed by atoms with Gasteiger partial charge < -0.3 is 10.6 Å². The highest BCUT2D eigenvalue weighted by Crippen LogP contribution is 2.14. The Morgan fingerprint density at radius 3 is 1.36 bits per heavy atom. The second-order valence-electron chi connectivity index (χ2n) is 5.42. The maximum Gasteiger partial charge on any atom is 0.219 e. The Balaban J connectivity index is 1.56. The van der Waals surface area contributed by atoms with Crippen LogP contribution in [0.5, 0.6) is 0 Å². The quantitative estimate of drug-likeness (QED) is 0.792. The van der Waals surface area contributed by atoms with Crippen molar-refractivity contribution >= 4 is 11.6 Å². The highest BCUT2D eigenvalue weighted by Gasteiger charge is 2.48. The Kier molecular flexibility index (Phi) is 4.42. The molecular formula is C18H18N2O2. The average molecular weight is 294 g/mol. The van der Waals surface area contributed by atoms with E-state index in [4.69, 9.17) is 0 Å². The molecule has 2 aromatic rings. The molecule has 2 atom stereocenters. The minimum absolute atomic E-state index is 0.332. The van der Waals surface area contributed by atoms with Crippen LogP contribution in [0.1, 0.15) is 11.1 Å². The normalized spacial score (nSPS) is 20.7. The Morgan fingerprint density at radius 2 is 1.00 bits per heavy atom. The summed E-state index contributed by atoms with van der Waals surface area (Å²) in [6.45, 7) is 1.15. The van der Waals surface area contributed by atoms with Crippen molar-refractivity contribution in [3.63, 3.8) is 0 Å². The van der Waals surface area contributed by atoms with E-state index in [1.54, 1.807) is 0 Å². The van der Waals surface area contributed by atoms with E-state index in [1.165, 1.54) is 0 Å². The Bertz CT molecular complexity index is 596. The van der Waals surface area contributed by atoms with Crippen molar-refractivity contribution in [2.45, 2.75) is 25.2 Å². The molecule has 3 rings (SSSR count). The lowest BCUT2D eigenvalue weighted by Gasteiger charge is -2.34. The molecule has 4 nitrogen and oxygen atoms in total. The van der Waals surface area contributed by atoms with Crippen LogP contribution in [0, 0.1) is 0 Å². The fraction of sp³-hybridized carbons (Fsp3) is 0.222. The number of hydrogen-bond donors (Lipinski definition) is 2. The fourth-order valence-corrected chi connectivity index (χ4v) is 2.58. The van der Waals surface area contributed by atoms with Gasteiger partial charge in [-0.05, 0) is 11.1 Å². The molecule has 1 saturated carbocycles. The zero-order valence-electron chi connectivity index (χ0n) is 12.2.